The normalized spacial score (nSPS) is 15.2. The summed E-state index contributed by atoms with van der Waals surface area (Å²) in [7, 11) is 0. The van der Waals surface area contributed by atoms with Gasteiger partial charge in [0.05, 0.1) is 36.4 Å². The summed E-state index contributed by atoms with van der Waals surface area (Å²) in [6, 6.07) is 23.0. The van der Waals surface area contributed by atoms with Crippen LogP contribution in [0.1, 0.15) is 54.4 Å². The molecule has 0 radical (unpaired) electrons. The highest BCUT2D eigenvalue weighted by atomic mass is 35.5. The van der Waals surface area contributed by atoms with E-state index in [2.05, 4.69) is 40.1 Å². The van der Waals surface area contributed by atoms with Gasteiger partial charge in [-0.15, -0.1) is 0 Å². The van der Waals surface area contributed by atoms with Gasteiger partial charge in [0.15, 0.2) is 80.1 Å². The fourth-order valence-electron chi connectivity index (χ4n) is 9.38. The number of aromatic nitrogens is 6. The summed E-state index contributed by atoms with van der Waals surface area (Å²) >= 11 is 5.84. The van der Waals surface area contributed by atoms with E-state index in [9.17, 15) is 32.3 Å². The molecule has 0 bridgehead atoms. The van der Waals surface area contributed by atoms with E-state index in [1.807, 2.05) is 0 Å². The molecule has 11 rings (SSSR count). The lowest BCUT2D eigenvalue weighted by atomic mass is 9.88. The number of carbonyl (C=O) groups is 4. The van der Waals surface area contributed by atoms with Crippen molar-refractivity contribution in [3.05, 3.63) is 173 Å². The Bertz CT molecular complexity index is 3580. The minimum Gasteiger partial charge on any atom is -0.452 e. The molecule has 0 amide bonds. The monoisotopic (exact) mass is 1090 g/mol. The van der Waals surface area contributed by atoms with Crippen LogP contribution in [0.5, 0.6) is 23.0 Å². The van der Waals surface area contributed by atoms with Crippen molar-refractivity contribution in [1.29, 1.82) is 0 Å². The first-order chi connectivity index (χ1) is 38.2. The summed E-state index contributed by atoms with van der Waals surface area (Å²) in [6.45, 7) is 5.16. The van der Waals surface area contributed by atoms with Gasteiger partial charge in [0.2, 0.25) is 0 Å². The maximum Gasteiger partial charge on any atom is 0.184 e. The Morgan fingerprint density at radius 3 is 1.47 bits per heavy atom. The SMILES string of the molecule is O=C(Cc1ccc(F)cc1)C1(C(=O)Cc2ccc(Oc3ccnc4nc(Cl)cnc34)c(F)c2)CC1.O=C(Cc1ccc(F)cc1)C1(C(=O)Cc2ccc(Oc3ccnc4nc(NCCCN5CCOCC5)cnc34)c(F)c2)CC1. The number of halogens is 5. The zero-order valence-corrected chi connectivity index (χ0v) is 43.3. The number of pyridine rings is 2. The number of benzene rings is 4. The van der Waals surface area contributed by atoms with Gasteiger partial charge in [0.1, 0.15) is 22.6 Å². The number of rotatable bonds is 21. The third-order valence-electron chi connectivity index (χ3n) is 14.2. The summed E-state index contributed by atoms with van der Waals surface area (Å²) in [5, 5.41) is 3.45. The molecule has 0 spiro atoms. The number of ketones is 4. The van der Waals surface area contributed by atoms with Crippen molar-refractivity contribution < 1.29 is 51.0 Å². The molecule has 1 aliphatic heterocycles. The molecule has 3 aliphatic rings. The Balaban J connectivity index is 0.000000183. The molecule has 5 heterocycles. The standard InChI is InChI=1S/C33H33F2N5O4.C26H18ClF2N3O3/c34-24-5-2-22(3-6-24)19-28(41)33(9-10-33)29(42)20-23-4-7-26(25(35)18-23)44-27-8-12-37-32-31(27)38-21-30(39-32)36-11-1-13-40-14-16-43-17-15-40;27-23-14-31-24-20(7-10-30-25(24)32-23)35-19-6-3-16(11-18(19)29)13-22(34)26(8-9-26)21(33)12-15-1-4-17(28)5-2-15/h2-8,12,18,21H,1,9-11,13-17,19-20H2,(H,36,37,39);1-7,10-11,14H,8-9,12-13H2. The van der Waals surface area contributed by atoms with Crippen LogP contribution in [0.25, 0.3) is 22.3 Å². The van der Waals surface area contributed by atoms with Gasteiger partial charge in [-0.3, -0.25) is 24.1 Å². The number of carbonyl (C=O) groups excluding carboxylic acids is 4. The van der Waals surface area contributed by atoms with E-state index in [-0.39, 0.29) is 88.5 Å². The number of anilines is 1. The van der Waals surface area contributed by atoms with Crippen LogP contribution in [-0.4, -0.2) is 97.3 Å². The predicted octanol–water partition coefficient (Wildman–Crippen LogP) is 10.4. The zero-order chi connectivity index (χ0) is 55.1. The largest absolute Gasteiger partial charge is 0.452 e. The second-order valence-corrected chi connectivity index (χ2v) is 20.1. The Morgan fingerprint density at radius 1 is 0.557 bits per heavy atom. The van der Waals surface area contributed by atoms with E-state index in [1.165, 1.54) is 85.3 Å². The van der Waals surface area contributed by atoms with Crippen LogP contribution in [0.15, 0.2) is 122 Å². The lowest BCUT2D eigenvalue weighted by molar-refractivity contribution is -0.135. The van der Waals surface area contributed by atoms with Crippen LogP contribution in [0.4, 0.5) is 23.4 Å². The highest BCUT2D eigenvalue weighted by Crippen LogP contribution is 2.50. The van der Waals surface area contributed by atoms with E-state index < -0.39 is 22.5 Å². The van der Waals surface area contributed by atoms with E-state index in [0.717, 1.165) is 45.8 Å². The molecule has 8 aromatic rings. The molecule has 3 fully saturated rings. The topological polar surface area (TPSA) is 189 Å². The van der Waals surface area contributed by atoms with Crippen LogP contribution in [0.3, 0.4) is 0 Å². The van der Waals surface area contributed by atoms with E-state index in [0.29, 0.717) is 76.2 Å². The molecule has 20 heteroatoms. The van der Waals surface area contributed by atoms with Crippen LogP contribution in [0.2, 0.25) is 5.15 Å². The minimum absolute atomic E-state index is 0.0330. The second-order valence-electron chi connectivity index (χ2n) is 19.7. The average Bonchev–Trinajstić information content (AvgIpc) is 4.60. The number of nitrogens with zero attached hydrogens (tertiary/aromatic N) is 7. The maximum absolute atomic E-state index is 15.1. The smallest absolute Gasteiger partial charge is 0.184 e. The number of hydrogen-bond acceptors (Lipinski definition) is 15. The van der Waals surface area contributed by atoms with Gasteiger partial charge in [-0.25, -0.2) is 47.5 Å². The third-order valence-corrected chi connectivity index (χ3v) is 14.4. The number of hydrogen-bond donors (Lipinski definition) is 1. The van der Waals surface area contributed by atoms with Crippen LogP contribution in [0, 0.1) is 34.1 Å². The maximum atomic E-state index is 15.1. The summed E-state index contributed by atoms with van der Waals surface area (Å²) in [5.74, 6) is -1.89. The van der Waals surface area contributed by atoms with Crippen molar-refractivity contribution in [2.24, 2.45) is 10.8 Å². The first-order valence-corrected chi connectivity index (χ1v) is 26.1. The molecule has 4 aromatic heterocycles. The average molecular weight is 1100 g/mol. The lowest BCUT2D eigenvalue weighted by Crippen LogP contribution is -2.37. The van der Waals surface area contributed by atoms with Gasteiger partial charge in [-0.1, -0.05) is 48.0 Å². The van der Waals surface area contributed by atoms with Gasteiger partial charge < -0.3 is 19.5 Å². The van der Waals surface area contributed by atoms with Crippen molar-refractivity contribution in [2.75, 3.05) is 44.7 Å². The highest BCUT2D eigenvalue weighted by molar-refractivity contribution is 6.29. The quantitative estimate of drug-likeness (QED) is 0.0406. The molecule has 0 atom stereocenters. The number of fused-ring (bicyclic) bond motifs is 2. The molecule has 15 nitrogen and oxygen atoms in total. The molecule has 1 saturated heterocycles. The summed E-state index contributed by atoms with van der Waals surface area (Å²) in [5.41, 5.74) is 1.44. The van der Waals surface area contributed by atoms with Crippen LogP contribution < -0.4 is 14.8 Å². The molecule has 1 N–H and O–H groups in total. The molecular weight excluding hydrogens is 1040 g/mol. The first-order valence-electron chi connectivity index (χ1n) is 25.7. The van der Waals surface area contributed by atoms with Crippen LogP contribution in [-0.2, 0) is 49.6 Å². The van der Waals surface area contributed by atoms with Gasteiger partial charge in [0, 0.05) is 69.8 Å². The molecule has 2 saturated carbocycles. The van der Waals surface area contributed by atoms with Gasteiger partial charge >= 0.3 is 0 Å². The molecule has 2 aliphatic carbocycles. The number of nitrogens with one attached hydrogen (secondary N) is 1. The number of Topliss-reactive ketones (excluding diaryl/α,β-unsaturated/α-hetero) is 4. The molecule has 404 valence electrons. The van der Waals surface area contributed by atoms with Gasteiger partial charge in [0.25, 0.3) is 0 Å². The van der Waals surface area contributed by atoms with Crippen molar-refractivity contribution in [2.45, 2.75) is 57.8 Å². The number of morpholine rings is 1. The molecule has 4 aromatic carbocycles. The van der Waals surface area contributed by atoms with E-state index >= 15 is 4.39 Å². The summed E-state index contributed by atoms with van der Waals surface area (Å²) in [4.78, 5) is 79.8. The van der Waals surface area contributed by atoms with E-state index in [1.54, 1.807) is 36.5 Å². The minimum atomic E-state index is -1.05. The third kappa shape index (κ3) is 13.1. The Labute approximate surface area is 455 Å². The van der Waals surface area contributed by atoms with Crippen LogP contribution >= 0.6 is 11.6 Å². The van der Waals surface area contributed by atoms with Crippen molar-refractivity contribution in [3.8, 4) is 23.0 Å². The fourth-order valence-corrected chi connectivity index (χ4v) is 9.51. The summed E-state index contributed by atoms with van der Waals surface area (Å²) in [6.07, 6.45) is 8.71. The number of ether oxygens (including phenoxy) is 3. The highest BCUT2D eigenvalue weighted by Gasteiger charge is 2.55. The van der Waals surface area contributed by atoms with Gasteiger partial charge in [-0.2, -0.15) is 0 Å². The molecule has 0 unspecified atom stereocenters. The Morgan fingerprint density at radius 2 is 1.00 bits per heavy atom. The molecule has 79 heavy (non-hydrogen) atoms. The van der Waals surface area contributed by atoms with Gasteiger partial charge in [-0.05, 0) is 109 Å². The molecular formula is C59H51ClF4N8O7. The fraction of sp³-hybridized carbons (Fsp3) is 0.288. The second kappa shape index (κ2) is 23.9. The lowest BCUT2D eigenvalue weighted by Gasteiger charge is -2.26. The summed E-state index contributed by atoms with van der Waals surface area (Å²) < 4.78 is 73.2. The van der Waals surface area contributed by atoms with Crippen molar-refractivity contribution >= 4 is 62.9 Å². The zero-order valence-electron chi connectivity index (χ0n) is 42.5. The van der Waals surface area contributed by atoms with Crippen molar-refractivity contribution in [1.82, 2.24) is 34.8 Å². The Kier molecular flexibility index (Phi) is 16.4. The van der Waals surface area contributed by atoms with E-state index in [4.69, 9.17) is 25.8 Å². The van der Waals surface area contributed by atoms with Crippen molar-refractivity contribution in [3.63, 3.8) is 0 Å². The predicted molar refractivity (Wildman–Crippen MR) is 284 cm³/mol. The first kappa shape index (κ1) is 54.2. The Hall–Kier alpha value is -8.13.